The second-order valence-electron chi connectivity index (χ2n) is 2.06. The van der Waals surface area contributed by atoms with E-state index in [1.165, 1.54) is 12.3 Å². The van der Waals surface area contributed by atoms with E-state index in [-0.39, 0.29) is 16.9 Å². The Morgan fingerprint density at radius 1 is 1.15 bits per heavy atom. The summed E-state index contributed by atoms with van der Waals surface area (Å²) in [5.74, 6) is 0.237. The molecule has 0 radical (unpaired) electrons. The van der Waals surface area contributed by atoms with E-state index < -0.39 is 0 Å². The van der Waals surface area contributed by atoms with Crippen molar-refractivity contribution in [1.82, 2.24) is 0 Å². The van der Waals surface area contributed by atoms with Crippen LogP contribution in [-0.4, -0.2) is 0 Å². The van der Waals surface area contributed by atoms with Crippen LogP contribution in [0.1, 0.15) is 5.76 Å². The molecule has 0 fully saturated rings. The zero-order chi connectivity index (χ0) is 9.68. The number of hydrogen-bond acceptors (Lipinski definition) is 4. The molecule has 0 N–H and O–H groups in total. The van der Waals surface area contributed by atoms with Crippen LogP contribution in [0.15, 0.2) is 28.4 Å². The van der Waals surface area contributed by atoms with Gasteiger partial charge in [0.2, 0.25) is 0 Å². The Bertz CT molecular complexity index is 433. The molecule has 0 aliphatic carbocycles. The van der Waals surface area contributed by atoms with Gasteiger partial charge in [0.05, 0.1) is 6.26 Å². The smallest absolute Gasteiger partial charge is 0.151 e. The minimum Gasteiger partial charge on any atom is -0.464 e. The molecule has 4 nitrogen and oxygen atoms in total. The van der Waals surface area contributed by atoms with Crippen molar-refractivity contribution in [3.8, 4) is 18.2 Å². The number of allylic oxidation sites excluding steroid dienone is 2. The summed E-state index contributed by atoms with van der Waals surface area (Å²) in [7, 11) is 0. The molecule has 0 aliphatic heterocycles. The van der Waals surface area contributed by atoms with Gasteiger partial charge in [-0.05, 0) is 12.1 Å². The van der Waals surface area contributed by atoms with Crippen molar-refractivity contribution in [2.45, 2.75) is 0 Å². The Balaban J connectivity index is 3.32. The lowest BCUT2D eigenvalue weighted by molar-refractivity contribution is 0.554. The van der Waals surface area contributed by atoms with Gasteiger partial charge in [-0.1, -0.05) is 0 Å². The monoisotopic (exact) mass is 169 g/mol. The van der Waals surface area contributed by atoms with Crippen LogP contribution in [0.4, 0.5) is 0 Å². The van der Waals surface area contributed by atoms with Crippen molar-refractivity contribution in [1.29, 1.82) is 15.8 Å². The number of nitrogens with zero attached hydrogens (tertiary/aromatic N) is 3. The molecular weight excluding hydrogens is 166 g/mol. The Kier molecular flexibility index (Phi) is 2.48. The average Bonchev–Trinajstić information content (AvgIpc) is 2.66. The fraction of sp³-hybridized carbons (Fsp3) is 0. The van der Waals surface area contributed by atoms with E-state index in [4.69, 9.17) is 20.2 Å². The lowest BCUT2D eigenvalue weighted by Crippen LogP contribution is -1.83. The Morgan fingerprint density at radius 3 is 2.23 bits per heavy atom. The fourth-order valence-electron chi connectivity index (χ4n) is 0.792. The van der Waals surface area contributed by atoms with E-state index in [1.807, 2.05) is 0 Å². The molecule has 4 heteroatoms. The highest BCUT2D eigenvalue weighted by atomic mass is 16.3. The topological polar surface area (TPSA) is 84.5 Å². The third kappa shape index (κ3) is 1.56. The van der Waals surface area contributed by atoms with Crippen LogP contribution in [0.5, 0.6) is 0 Å². The number of furan rings is 1. The Hall–Kier alpha value is -2.51. The molecule has 0 saturated carbocycles. The third-order valence-electron chi connectivity index (χ3n) is 1.35. The molecule has 0 atom stereocenters. The first-order chi connectivity index (χ1) is 6.33. The molecule has 0 amide bonds. The molecule has 0 saturated heterocycles. The summed E-state index contributed by atoms with van der Waals surface area (Å²) in [6, 6.07) is 8.10. The maximum Gasteiger partial charge on any atom is 0.151 e. The van der Waals surface area contributed by atoms with Crippen LogP contribution in [0, 0.1) is 34.0 Å². The highest BCUT2D eigenvalue weighted by Crippen LogP contribution is 2.17. The predicted molar refractivity (Wildman–Crippen MR) is 42.5 cm³/mol. The lowest BCUT2D eigenvalue weighted by Gasteiger charge is -1.89. The Morgan fingerprint density at radius 2 is 1.85 bits per heavy atom. The van der Waals surface area contributed by atoms with E-state index in [9.17, 15) is 0 Å². The molecule has 1 rings (SSSR count). The Labute approximate surface area is 74.5 Å². The van der Waals surface area contributed by atoms with Gasteiger partial charge in [-0.3, -0.25) is 0 Å². The van der Waals surface area contributed by atoms with Gasteiger partial charge in [0, 0.05) is 0 Å². The summed E-state index contributed by atoms with van der Waals surface area (Å²) in [6.45, 7) is 0. The molecule has 60 valence electrons. The first-order valence-corrected chi connectivity index (χ1v) is 3.32. The van der Waals surface area contributed by atoms with E-state index in [0.717, 1.165) is 0 Å². The van der Waals surface area contributed by atoms with Gasteiger partial charge < -0.3 is 4.42 Å². The van der Waals surface area contributed by atoms with Gasteiger partial charge in [-0.2, -0.15) is 15.8 Å². The summed E-state index contributed by atoms with van der Waals surface area (Å²) in [4.78, 5) is 0. The third-order valence-corrected chi connectivity index (χ3v) is 1.35. The van der Waals surface area contributed by atoms with Crippen LogP contribution < -0.4 is 0 Å². The molecule has 0 aliphatic rings. The molecule has 13 heavy (non-hydrogen) atoms. The van der Waals surface area contributed by atoms with Gasteiger partial charge in [0.25, 0.3) is 0 Å². The van der Waals surface area contributed by atoms with Crippen LogP contribution >= 0.6 is 0 Å². The fourth-order valence-corrected chi connectivity index (χ4v) is 0.792. The zero-order valence-electron chi connectivity index (χ0n) is 6.48. The number of nitriles is 3. The standard InChI is InChI=1S/C9H3N3O/c10-4-7(5-11)8(6-12)9-2-1-3-13-9/h1-3H. The summed E-state index contributed by atoms with van der Waals surface area (Å²) in [5.41, 5.74) is -0.271. The largest absolute Gasteiger partial charge is 0.464 e. The highest BCUT2D eigenvalue weighted by molar-refractivity contribution is 5.81. The summed E-state index contributed by atoms with van der Waals surface area (Å²) in [5, 5.41) is 25.7. The summed E-state index contributed by atoms with van der Waals surface area (Å²) in [6.07, 6.45) is 1.37. The van der Waals surface area contributed by atoms with E-state index in [2.05, 4.69) is 0 Å². The summed E-state index contributed by atoms with van der Waals surface area (Å²) >= 11 is 0. The quantitative estimate of drug-likeness (QED) is 0.597. The molecule has 0 spiro atoms. The van der Waals surface area contributed by atoms with Crippen molar-refractivity contribution in [3.05, 3.63) is 29.7 Å². The van der Waals surface area contributed by atoms with E-state index in [0.29, 0.717) is 0 Å². The molecule has 1 heterocycles. The maximum atomic E-state index is 8.66. The highest BCUT2D eigenvalue weighted by Gasteiger charge is 2.10. The first kappa shape index (κ1) is 8.59. The van der Waals surface area contributed by atoms with Crippen molar-refractivity contribution in [2.24, 2.45) is 0 Å². The van der Waals surface area contributed by atoms with Gasteiger partial charge in [0.1, 0.15) is 29.5 Å². The molecule has 0 unspecified atom stereocenters. The SMILES string of the molecule is N#CC(C#N)=C(C#N)c1ccco1. The molecule has 0 aromatic carbocycles. The predicted octanol–water partition coefficient (Wildman–Crippen LogP) is 1.60. The van der Waals surface area contributed by atoms with Crippen LogP contribution in [-0.2, 0) is 0 Å². The second kappa shape index (κ2) is 3.76. The molecule has 1 aromatic rings. The van der Waals surface area contributed by atoms with Crippen molar-refractivity contribution >= 4 is 5.57 Å². The average molecular weight is 169 g/mol. The molecular formula is C9H3N3O. The van der Waals surface area contributed by atoms with Crippen molar-refractivity contribution in [2.75, 3.05) is 0 Å². The van der Waals surface area contributed by atoms with Gasteiger partial charge >= 0.3 is 0 Å². The minimum absolute atomic E-state index is 0.0324. The van der Waals surface area contributed by atoms with Gasteiger partial charge in [0.15, 0.2) is 5.57 Å². The minimum atomic E-state index is -0.238. The first-order valence-electron chi connectivity index (χ1n) is 3.32. The van der Waals surface area contributed by atoms with Crippen LogP contribution in [0.25, 0.3) is 5.57 Å². The van der Waals surface area contributed by atoms with Gasteiger partial charge in [-0.15, -0.1) is 0 Å². The van der Waals surface area contributed by atoms with Gasteiger partial charge in [-0.25, -0.2) is 0 Å². The van der Waals surface area contributed by atoms with E-state index >= 15 is 0 Å². The van der Waals surface area contributed by atoms with E-state index in [1.54, 1.807) is 24.3 Å². The number of hydrogen-bond donors (Lipinski definition) is 0. The number of rotatable bonds is 1. The van der Waals surface area contributed by atoms with Crippen LogP contribution in [0.2, 0.25) is 0 Å². The second-order valence-corrected chi connectivity index (χ2v) is 2.06. The summed E-state index contributed by atoms with van der Waals surface area (Å²) < 4.78 is 4.89. The molecule has 0 bridgehead atoms. The normalized spacial score (nSPS) is 7.77. The lowest BCUT2D eigenvalue weighted by atomic mass is 10.1. The zero-order valence-corrected chi connectivity index (χ0v) is 6.48. The van der Waals surface area contributed by atoms with Crippen molar-refractivity contribution in [3.63, 3.8) is 0 Å². The molecule has 1 aromatic heterocycles. The maximum absolute atomic E-state index is 8.66. The van der Waals surface area contributed by atoms with Crippen LogP contribution in [0.3, 0.4) is 0 Å². The van der Waals surface area contributed by atoms with Crippen molar-refractivity contribution < 1.29 is 4.42 Å².